The van der Waals surface area contributed by atoms with Crippen molar-refractivity contribution in [2.24, 2.45) is 5.73 Å². The monoisotopic (exact) mass is 398 g/mol. The molecule has 1 aromatic carbocycles. The van der Waals surface area contributed by atoms with Crippen LogP contribution >= 0.6 is 0 Å². The molecule has 9 heteroatoms. The van der Waals surface area contributed by atoms with E-state index in [0.29, 0.717) is 18.5 Å². The summed E-state index contributed by atoms with van der Waals surface area (Å²) in [5.41, 5.74) is 5.27. The molecule has 1 aliphatic rings. The van der Waals surface area contributed by atoms with E-state index in [4.69, 9.17) is 10.3 Å². The number of nitrogens with zero attached hydrogens (tertiary/aromatic N) is 2. The largest absolute Gasteiger partial charge is 0.359 e. The molecule has 1 fully saturated rings. The van der Waals surface area contributed by atoms with E-state index < -0.39 is 22.6 Å². The van der Waals surface area contributed by atoms with Gasteiger partial charge in [-0.3, -0.25) is 14.2 Å². The van der Waals surface area contributed by atoms with Gasteiger partial charge in [-0.1, -0.05) is 0 Å². The summed E-state index contributed by atoms with van der Waals surface area (Å²) in [6, 6.07) is 6.47. The number of hydrogen-bond donors (Lipinski definition) is 2. The molecule has 4 aromatic rings. The number of hydrogen-bond acceptors (Lipinski definition) is 5. The number of fused-ring (bicyclic) bond motifs is 2. The second-order valence-electron chi connectivity index (χ2n) is 7.35. The molecule has 0 bridgehead atoms. The fourth-order valence-corrected chi connectivity index (χ4v) is 4.09. The van der Waals surface area contributed by atoms with E-state index in [0.717, 1.165) is 12.5 Å². The van der Waals surface area contributed by atoms with Crippen LogP contribution in [-0.4, -0.2) is 20.7 Å². The molecule has 2 atom stereocenters. The van der Waals surface area contributed by atoms with Crippen molar-refractivity contribution in [2.45, 2.75) is 31.2 Å². The SMILES string of the molecule is NC1CCC(c2nc3c(cc2F)c(=O)c2c(=O)[nH]oc2n3-c2ccc(F)cc2)C1. The third kappa shape index (κ3) is 2.69. The highest BCUT2D eigenvalue weighted by atomic mass is 19.1. The summed E-state index contributed by atoms with van der Waals surface area (Å²) in [6.45, 7) is 0. The number of rotatable bonds is 2. The van der Waals surface area contributed by atoms with Crippen molar-refractivity contribution in [2.75, 3.05) is 0 Å². The van der Waals surface area contributed by atoms with Crippen LogP contribution in [0.2, 0.25) is 0 Å². The number of H-pyrrole nitrogens is 1. The average Bonchev–Trinajstić information content (AvgIpc) is 3.29. The maximum Gasteiger partial charge on any atom is 0.293 e. The van der Waals surface area contributed by atoms with Gasteiger partial charge in [0.1, 0.15) is 11.6 Å². The molecule has 148 valence electrons. The van der Waals surface area contributed by atoms with E-state index in [1.807, 2.05) is 0 Å². The van der Waals surface area contributed by atoms with E-state index in [9.17, 15) is 18.4 Å². The molecule has 3 aromatic heterocycles. The van der Waals surface area contributed by atoms with E-state index in [1.54, 1.807) is 0 Å². The Morgan fingerprint density at radius 1 is 1.17 bits per heavy atom. The molecule has 0 amide bonds. The highest BCUT2D eigenvalue weighted by Crippen LogP contribution is 2.35. The third-order valence-electron chi connectivity index (χ3n) is 5.50. The molecule has 2 unspecified atom stereocenters. The number of pyridine rings is 2. The van der Waals surface area contributed by atoms with Crippen LogP contribution in [0.5, 0.6) is 0 Å². The second-order valence-corrected chi connectivity index (χ2v) is 7.35. The van der Waals surface area contributed by atoms with E-state index >= 15 is 0 Å². The third-order valence-corrected chi connectivity index (χ3v) is 5.50. The summed E-state index contributed by atoms with van der Waals surface area (Å²) >= 11 is 0. The molecule has 1 aliphatic carbocycles. The molecule has 3 N–H and O–H groups in total. The Kier molecular flexibility index (Phi) is 3.88. The first-order valence-corrected chi connectivity index (χ1v) is 9.22. The molecule has 5 rings (SSSR count). The van der Waals surface area contributed by atoms with Crippen molar-refractivity contribution >= 4 is 22.1 Å². The normalized spacial score (nSPS) is 19.4. The van der Waals surface area contributed by atoms with Gasteiger partial charge in [0.25, 0.3) is 5.56 Å². The van der Waals surface area contributed by atoms with Gasteiger partial charge in [0, 0.05) is 12.0 Å². The molecule has 1 saturated carbocycles. The van der Waals surface area contributed by atoms with Crippen LogP contribution in [0.3, 0.4) is 0 Å². The number of aromatic amines is 1. The van der Waals surface area contributed by atoms with E-state index in [1.165, 1.54) is 28.8 Å². The molecule has 0 spiro atoms. The minimum atomic E-state index is -0.728. The van der Waals surface area contributed by atoms with Crippen LogP contribution in [0.4, 0.5) is 8.78 Å². The van der Waals surface area contributed by atoms with Gasteiger partial charge in [-0.05, 0) is 49.6 Å². The number of nitrogens with two attached hydrogens (primary N) is 1. The van der Waals surface area contributed by atoms with E-state index in [-0.39, 0.29) is 39.8 Å². The lowest BCUT2D eigenvalue weighted by Crippen LogP contribution is -2.18. The zero-order valence-electron chi connectivity index (χ0n) is 15.1. The van der Waals surface area contributed by atoms with Gasteiger partial charge in [-0.15, -0.1) is 0 Å². The van der Waals surface area contributed by atoms with Crippen molar-refractivity contribution in [1.82, 2.24) is 14.7 Å². The molecular formula is C20H16F2N4O3. The van der Waals surface area contributed by atoms with Crippen LogP contribution in [0, 0.1) is 11.6 Å². The number of benzene rings is 1. The minimum Gasteiger partial charge on any atom is -0.359 e. The molecule has 29 heavy (non-hydrogen) atoms. The van der Waals surface area contributed by atoms with Crippen molar-refractivity contribution < 1.29 is 13.3 Å². The maximum atomic E-state index is 14.9. The lowest BCUT2D eigenvalue weighted by molar-refractivity contribution is 0.437. The zero-order valence-corrected chi connectivity index (χ0v) is 15.1. The quantitative estimate of drug-likeness (QED) is 0.540. The standard InChI is InChI=1S/C20H16F2N4O3/c21-10-2-5-12(6-3-10)26-18-13(17(27)15-19(28)25-29-20(15)26)8-14(22)16(24-18)9-1-4-11(23)7-9/h2-3,5-6,8-9,11H,1,4,7,23H2,(H,25,28). The average molecular weight is 398 g/mol. The highest BCUT2D eigenvalue weighted by molar-refractivity contribution is 5.90. The lowest BCUT2D eigenvalue weighted by Gasteiger charge is -2.15. The number of aromatic nitrogens is 3. The summed E-state index contributed by atoms with van der Waals surface area (Å²) in [5, 5.41) is 1.83. The number of halogens is 2. The van der Waals surface area contributed by atoms with Gasteiger partial charge < -0.3 is 10.3 Å². The zero-order chi connectivity index (χ0) is 20.3. The summed E-state index contributed by atoms with van der Waals surface area (Å²) in [6.07, 6.45) is 2.05. The van der Waals surface area contributed by atoms with Gasteiger partial charge in [0.15, 0.2) is 11.0 Å². The van der Waals surface area contributed by atoms with Crippen LogP contribution in [0.25, 0.3) is 27.8 Å². The summed E-state index contributed by atoms with van der Waals surface area (Å²) in [7, 11) is 0. The Bertz CT molecular complexity index is 1370. The molecule has 0 saturated heterocycles. The predicted molar refractivity (Wildman–Crippen MR) is 102 cm³/mol. The summed E-state index contributed by atoms with van der Waals surface area (Å²) in [4.78, 5) is 29.5. The van der Waals surface area contributed by atoms with Crippen molar-refractivity contribution in [3.63, 3.8) is 0 Å². The fourth-order valence-electron chi connectivity index (χ4n) is 4.09. The molecule has 7 nitrogen and oxygen atoms in total. The topological polar surface area (TPSA) is 107 Å². The molecule has 3 heterocycles. The smallest absolute Gasteiger partial charge is 0.293 e. The highest BCUT2D eigenvalue weighted by Gasteiger charge is 2.29. The first-order valence-electron chi connectivity index (χ1n) is 9.22. The maximum absolute atomic E-state index is 14.9. The van der Waals surface area contributed by atoms with Gasteiger partial charge >= 0.3 is 0 Å². The Morgan fingerprint density at radius 2 is 1.93 bits per heavy atom. The van der Waals surface area contributed by atoms with Crippen LogP contribution < -0.4 is 16.7 Å². The summed E-state index contributed by atoms with van der Waals surface area (Å²) < 4.78 is 35.0. The van der Waals surface area contributed by atoms with Crippen molar-refractivity contribution in [1.29, 1.82) is 0 Å². The Balaban J connectivity index is 1.90. The minimum absolute atomic E-state index is 0.0265. The van der Waals surface area contributed by atoms with Crippen molar-refractivity contribution in [3.8, 4) is 5.69 Å². The summed E-state index contributed by atoms with van der Waals surface area (Å²) in [5.74, 6) is -1.23. The Labute approximate surface area is 161 Å². The molecule has 0 radical (unpaired) electrons. The second kappa shape index (κ2) is 6.35. The van der Waals surface area contributed by atoms with Gasteiger partial charge in [0.05, 0.1) is 16.8 Å². The fraction of sp³-hybridized carbons (Fsp3) is 0.250. The Hall–Kier alpha value is -3.33. The van der Waals surface area contributed by atoms with Gasteiger partial charge in [-0.2, -0.15) is 5.16 Å². The van der Waals surface area contributed by atoms with Crippen molar-refractivity contribution in [3.05, 3.63) is 68.2 Å². The van der Waals surface area contributed by atoms with Crippen LogP contribution in [0.1, 0.15) is 30.9 Å². The number of nitrogens with one attached hydrogen (secondary N) is 1. The molecular weight excluding hydrogens is 382 g/mol. The van der Waals surface area contributed by atoms with E-state index in [2.05, 4.69) is 10.1 Å². The Morgan fingerprint density at radius 3 is 2.62 bits per heavy atom. The first-order chi connectivity index (χ1) is 13.9. The van der Waals surface area contributed by atoms with Crippen LogP contribution in [-0.2, 0) is 0 Å². The first kappa shape index (κ1) is 17.7. The predicted octanol–water partition coefficient (Wildman–Crippen LogP) is 2.69. The van der Waals surface area contributed by atoms with Crippen LogP contribution in [0.15, 0.2) is 44.4 Å². The van der Waals surface area contributed by atoms with Gasteiger partial charge in [0.2, 0.25) is 11.1 Å². The molecule has 0 aliphatic heterocycles. The van der Waals surface area contributed by atoms with Gasteiger partial charge in [-0.25, -0.2) is 13.8 Å². The lowest BCUT2D eigenvalue weighted by atomic mass is 10.0.